The fraction of sp³-hybridized carbons (Fsp3) is 0.611. The summed E-state index contributed by atoms with van der Waals surface area (Å²) in [5.41, 5.74) is 0.527. The summed E-state index contributed by atoms with van der Waals surface area (Å²) in [5.74, 6) is 0.838. The van der Waals surface area contributed by atoms with Gasteiger partial charge in [-0.2, -0.15) is 10.4 Å². The molecule has 0 unspecified atom stereocenters. The smallest absolute Gasteiger partial charge is 0.276 e. The Balaban J connectivity index is 2.48. The summed E-state index contributed by atoms with van der Waals surface area (Å²) in [4.78, 5) is 16.9. The minimum absolute atomic E-state index is 0.00536. The number of nitrogens with zero attached hydrogens (tertiary/aromatic N) is 5. The molecule has 0 N–H and O–H groups in total. The zero-order chi connectivity index (χ0) is 18.2. The van der Waals surface area contributed by atoms with Crippen LogP contribution in [-0.4, -0.2) is 57.6 Å². The van der Waals surface area contributed by atoms with Crippen molar-refractivity contribution in [3.63, 3.8) is 0 Å². The van der Waals surface area contributed by atoms with E-state index in [0.717, 1.165) is 12.4 Å². The molecule has 0 saturated carbocycles. The molecule has 0 aromatic heterocycles. The molecule has 1 fully saturated rings. The van der Waals surface area contributed by atoms with Gasteiger partial charge >= 0.3 is 0 Å². The highest BCUT2D eigenvalue weighted by Crippen LogP contribution is 2.35. The molecular weight excluding hydrogens is 302 g/mol. The second kappa shape index (κ2) is 6.31. The van der Waals surface area contributed by atoms with E-state index in [1.54, 1.807) is 13.1 Å². The van der Waals surface area contributed by atoms with Crippen molar-refractivity contribution < 1.29 is 4.79 Å². The number of likely N-dealkylation sites (N-methyl/N-ethyl adjacent to an activating group) is 1. The standard InChI is InChI=1S/C18H27N5O/c1-12(2)22-11-18(5,6)23(13(3)4)16(22)9-8-14-15(10-19)20-21(7)17(14)24/h8-9,12-13H,11H2,1-7H3/b14-8+,16-9-. The van der Waals surface area contributed by atoms with Gasteiger partial charge in [-0.05, 0) is 53.7 Å². The Labute approximate surface area is 144 Å². The molecule has 0 aliphatic carbocycles. The van der Waals surface area contributed by atoms with Gasteiger partial charge in [0.2, 0.25) is 0 Å². The van der Waals surface area contributed by atoms with Crippen molar-refractivity contribution in [2.24, 2.45) is 5.10 Å². The molecule has 2 heterocycles. The van der Waals surface area contributed by atoms with Gasteiger partial charge in [0.15, 0.2) is 5.71 Å². The maximum Gasteiger partial charge on any atom is 0.276 e. The number of amides is 1. The lowest BCUT2D eigenvalue weighted by atomic mass is 10.0. The molecule has 130 valence electrons. The number of rotatable bonds is 3. The molecule has 6 heteroatoms. The summed E-state index contributed by atoms with van der Waals surface area (Å²) >= 11 is 0. The SMILES string of the molecule is CC(C)N1CC(C)(C)N(C(C)C)/C1=C\C=C1\C(=O)N(C)N=C1C#N. The summed E-state index contributed by atoms with van der Waals surface area (Å²) in [6.07, 6.45) is 3.68. The first kappa shape index (κ1) is 18.1. The molecule has 0 atom stereocenters. The van der Waals surface area contributed by atoms with Crippen LogP contribution >= 0.6 is 0 Å². The largest absolute Gasteiger partial charge is 0.354 e. The van der Waals surface area contributed by atoms with Crippen molar-refractivity contribution in [3.05, 3.63) is 23.5 Å². The highest BCUT2D eigenvalue weighted by atomic mass is 16.2. The van der Waals surface area contributed by atoms with E-state index < -0.39 is 0 Å². The van der Waals surface area contributed by atoms with E-state index in [-0.39, 0.29) is 17.2 Å². The van der Waals surface area contributed by atoms with Crippen molar-refractivity contribution >= 4 is 11.6 Å². The number of hydrazone groups is 1. The van der Waals surface area contributed by atoms with Crippen molar-refractivity contribution in [2.45, 2.75) is 59.2 Å². The highest BCUT2D eigenvalue weighted by molar-refractivity contribution is 6.30. The van der Waals surface area contributed by atoms with E-state index in [0.29, 0.717) is 17.7 Å². The van der Waals surface area contributed by atoms with Gasteiger partial charge in [0.1, 0.15) is 11.9 Å². The molecule has 0 spiro atoms. The lowest BCUT2D eigenvalue weighted by Gasteiger charge is -2.36. The fourth-order valence-corrected chi connectivity index (χ4v) is 3.52. The van der Waals surface area contributed by atoms with Gasteiger partial charge in [0.05, 0.1) is 11.1 Å². The van der Waals surface area contributed by atoms with Crippen LogP contribution in [0.1, 0.15) is 41.5 Å². The summed E-state index contributed by atoms with van der Waals surface area (Å²) < 4.78 is 0. The van der Waals surface area contributed by atoms with E-state index in [9.17, 15) is 10.1 Å². The Morgan fingerprint density at radius 3 is 2.33 bits per heavy atom. The molecule has 24 heavy (non-hydrogen) atoms. The first-order valence-corrected chi connectivity index (χ1v) is 8.35. The van der Waals surface area contributed by atoms with Gasteiger partial charge in [-0.25, -0.2) is 5.01 Å². The quantitative estimate of drug-likeness (QED) is 0.746. The van der Waals surface area contributed by atoms with Gasteiger partial charge in [-0.15, -0.1) is 0 Å². The fourth-order valence-electron chi connectivity index (χ4n) is 3.52. The Bertz CT molecular complexity index is 663. The summed E-state index contributed by atoms with van der Waals surface area (Å²) in [5, 5.41) is 14.4. The zero-order valence-corrected chi connectivity index (χ0v) is 15.7. The monoisotopic (exact) mass is 329 g/mol. The Hall–Kier alpha value is -2.29. The van der Waals surface area contributed by atoms with Crippen molar-refractivity contribution in [3.8, 4) is 6.07 Å². The third-order valence-electron chi connectivity index (χ3n) is 4.42. The third kappa shape index (κ3) is 3.03. The molecule has 0 aromatic rings. The minimum atomic E-state index is -0.243. The molecule has 0 bridgehead atoms. The molecule has 1 saturated heterocycles. The molecule has 2 aliphatic heterocycles. The molecule has 1 amide bonds. The van der Waals surface area contributed by atoms with Crippen LogP contribution < -0.4 is 0 Å². The first-order chi connectivity index (χ1) is 11.1. The van der Waals surface area contributed by atoms with Crippen molar-refractivity contribution in [2.75, 3.05) is 13.6 Å². The van der Waals surface area contributed by atoms with E-state index in [2.05, 4.69) is 56.4 Å². The van der Waals surface area contributed by atoms with E-state index in [4.69, 9.17) is 0 Å². The number of hydrogen-bond acceptors (Lipinski definition) is 5. The van der Waals surface area contributed by atoms with E-state index >= 15 is 0 Å². The lowest BCUT2D eigenvalue weighted by molar-refractivity contribution is -0.124. The number of hydrogen-bond donors (Lipinski definition) is 0. The number of carbonyl (C=O) groups is 1. The van der Waals surface area contributed by atoms with Crippen molar-refractivity contribution in [1.82, 2.24) is 14.8 Å². The predicted octanol–water partition coefficient (Wildman–Crippen LogP) is 2.32. The predicted molar refractivity (Wildman–Crippen MR) is 94.9 cm³/mol. The zero-order valence-electron chi connectivity index (χ0n) is 15.7. The van der Waals surface area contributed by atoms with Gasteiger partial charge in [0, 0.05) is 25.7 Å². The Morgan fingerprint density at radius 2 is 1.83 bits per heavy atom. The number of nitriles is 1. The van der Waals surface area contributed by atoms with Crippen LogP contribution in [0.5, 0.6) is 0 Å². The van der Waals surface area contributed by atoms with Gasteiger partial charge in [-0.1, -0.05) is 0 Å². The minimum Gasteiger partial charge on any atom is -0.354 e. The average Bonchev–Trinajstić information content (AvgIpc) is 2.91. The number of carbonyl (C=O) groups excluding carboxylic acids is 1. The van der Waals surface area contributed by atoms with Crippen LogP contribution in [0.15, 0.2) is 28.6 Å². The number of allylic oxidation sites excluding steroid dienone is 2. The van der Waals surface area contributed by atoms with Crippen molar-refractivity contribution in [1.29, 1.82) is 5.26 Å². The van der Waals surface area contributed by atoms with Gasteiger partial charge in [0.25, 0.3) is 5.91 Å². The molecule has 2 rings (SSSR count). The van der Waals surface area contributed by atoms with Crippen LogP contribution in [0, 0.1) is 11.3 Å². The highest BCUT2D eigenvalue weighted by Gasteiger charge is 2.42. The van der Waals surface area contributed by atoms with E-state index in [1.165, 1.54) is 5.01 Å². The molecule has 2 aliphatic rings. The summed E-state index contributed by atoms with van der Waals surface area (Å²) in [6.45, 7) is 14.0. The lowest BCUT2D eigenvalue weighted by Crippen LogP contribution is -2.43. The van der Waals surface area contributed by atoms with Crippen LogP contribution in [0.2, 0.25) is 0 Å². The molecular formula is C18H27N5O. The Morgan fingerprint density at radius 1 is 1.21 bits per heavy atom. The average molecular weight is 329 g/mol. The molecule has 0 radical (unpaired) electrons. The van der Waals surface area contributed by atoms with Crippen LogP contribution in [0.25, 0.3) is 0 Å². The topological polar surface area (TPSA) is 62.9 Å². The van der Waals surface area contributed by atoms with Gasteiger partial charge < -0.3 is 9.80 Å². The normalized spacial score (nSPS) is 23.9. The van der Waals surface area contributed by atoms with E-state index in [1.807, 2.05) is 12.1 Å². The maximum absolute atomic E-state index is 12.2. The van der Waals surface area contributed by atoms with Crippen LogP contribution in [0.4, 0.5) is 0 Å². The summed E-state index contributed by atoms with van der Waals surface area (Å²) in [7, 11) is 1.56. The second-order valence-electron chi connectivity index (χ2n) is 7.49. The van der Waals surface area contributed by atoms with Gasteiger partial charge in [-0.3, -0.25) is 4.79 Å². The third-order valence-corrected chi connectivity index (χ3v) is 4.42. The summed E-state index contributed by atoms with van der Waals surface area (Å²) in [6, 6.07) is 2.68. The molecule has 6 nitrogen and oxygen atoms in total. The first-order valence-electron chi connectivity index (χ1n) is 8.35. The Kier molecular flexibility index (Phi) is 4.75. The van der Waals surface area contributed by atoms with Crippen LogP contribution in [-0.2, 0) is 4.79 Å². The second-order valence-corrected chi connectivity index (χ2v) is 7.49. The van der Waals surface area contributed by atoms with Crippen LogP contribution in [0.3, 0.4) is 0 Å². The maximum atomic E-state index is 12.2. The molecule has 0 aromatic carbocycles.